The largest absolute Gasteiger partial charge is 0.481 e. The standard InChI is InChI=1S/C30H29NO5/c1-2-3-6-23-19-31(27-17-20(12-16-28(32)33)11-15-26(27)29(23)34)18-21-9-13-22(14-10-21)24-7-4-5-8-25(24)30(35)36/h4-5,7-11,13-15,17,19H,2-3,6,12,16,18H2,1H3,(H,32,33)(H,35,36). The molecule has 0 aliphatic rings. The molecule has 36 heavy (non-hydrogen) atoms. The summed E-state index contributed by atoms with van der Waals surface area (Å²) in [5, 5.41) is 19.2. The van der Waals surface area contributed by atoms with Crippen LogP contribution in [0.2, 0.25) is 0 Å². The summed E-state index contributed by atoms with van der Waals surface area (Å²) in [4.78, 5) is 35.8. The number of hydrogen-bond acceptors (Lipinski definition) is 3. The van der Waals surface area contributed by atoms with Crippen LogP contribution < -0.4 is 5.43 Å². The number of aromatic nitrogens is 1. The minimum Gasteiger partial charge on any atom is -0.481 e. The molecule has 0 atom stereocenters. The van der Waals surface area contributed by atoms with Crippen molar-refractivity contribution >= 4 is 22.8 Å². The van der Waals surface area contributed by atoms with Gasteiger partial charge in [0.25, 0.3) is 0 Å². The molecule has 0 aliphatic heterocycles. The number of aromatic carboxylic acids is 1. The third-order valence-electron chi connectivity index (χ3n) is 6.42. The van der Waals surface area contributed by atoms with E-state index in [0.717, 1.165) is 40.6 Å². The minimum absolute atomic E-state index is 0.0279. The van der Waals surface area contributed by atoms with E-state index in [4.69, 9.17) is 5.11 Å². The van der Waals surface area contributed by atoms with Crippen LogP contribution in [0, 0.1) is 0 Å². The highest BCUT2D eigenvalue weighted by Gasteiger charge is 2.13. The van der Waals surface area contributed by atoms with Crippen molar-refractivity contribution in [2.24, 2.45) is 0 Å². The molecule has 6 nitrogen and oxygen atoms in total. The monoisotopic (exact) mass is 483 g/mol. The molecule has 0 fully saturated rings. The Kier molecular flexibility index (Phi) is 7.64. The smallest absolute Gasteiger partial charge is 0.336 e. The third kappa shape index (κ3) is 5.54. The third-order valence-corrected chi connectivity index (χ3v) is 6.42. The van der Waals surface area contributed by atoms with Crippen LogP contribution in [0.5, 0.6) is 0 Å². The number of carboxylic acid groups (broad SMARTS) is 2. The Balaban J connectivity index is 1.72. The van der Waals surface area contributed by atoms with E-state index in [1.807, 2.05) is 54.7 Å². The summed E-state index contributed by atoms with van der Waals surface area (Å²) < 4.78 is 2.06. The Morgan fingerprint density at radius 2 is 1.61 bits per heavy atom. The number of carbonyl (C=O) groups is 2. The molecular formula is C30H29NO5. The fraction of sp³-hybridized carbons (Fsp3) is 0.233. The summed E-state index contributed by atoms with van der Waals surface area (Å²) in [5.74, 6) is -1.82. The first kappa shape index (κ1) is 24.9. The number of nitrogens with zero attached hydrogens (tertiary/aromatic N) is 1. The Bertz CT molecular complexity index is 1470. The molecule has 4 rings (SSSR count). The van der Waals surface area contributed by atoms with Crippen molar-refractivity contribution in [3.05, 3.63) is 105 Å². The summed E-state index contributed by atoms with van der Waals surface area (Å²) in [6.45, 7) is 2.62. The number of carboxylic acids is 2. The SMILES string of the molecule is CCCCc1cn(Cc2ccc(-c3ccccc3C(=O)O)cc2)c2cc(CCC(=O)O)ccc2c1=O. The van der Waals surface area contributed by atoms with Crippen molar-refractivity contribution in [3.63, 3.8) is 0 Å². The number of benzene rings is 3. The molecule has 0 spiro atoms. The van der Waals surface area contributed by atoms with Crippen molar-refractivity contribution in [3.8, 4) is 11.1 Å². The lowest BCUT2D eigenvalue weighted by molar-refractivity contribution is -0.136. The molecule has 0 amide bonds. The van der Waals surface area contributed by atoms with Crippen LogP contribution in [0.4, 0.5) is 0 Å². The highest BCUT2D eigenvalue weighted by molar-refractivity contribution is 5.96. The number of pyridine rings is 1. The van der Waals surface area contributed by atoms with E-state index < -0.39 is 11.9 Å². The molecule has 4 aromatic rings. The summed E-state index contributed by atoms with van der Waals surface area (Å²) in [6, 6.07) is 20.3. The maximum absolute atomic E-state index is 13.1. The van der Waals surface area contributed by atoms with Crippen LogP contribution in [0.15, 0.2) is 77.7 Å². The van der Waals surface area contributed by atoms with E-state index in [2.05, 4.69) is 11.5 Å². The lowest BCUT2D eigenvalue weighted by Gasteiger charge is -2.15. The van der Waals surface area contributed by atoms with Gasteiger partial charge < -0.3 is 14.8 Å². The first-order valence-corrected chi connectivity index (χ1v) is 12.2. The topological polar surface area (TPSA) is 96.6 Å². The molecule has 2 N–H and O–H groups in total. The molecule has 0 unspecified atom stereocenters. The zero-order valence-corrected chi connectivity index (χ0v) is 20.2. The fourth-order valence-corrected chi connectivity index (χ4v) is 4.49. The van der Waals surface area contributed by atoms with E-state index >= 15 is 0 Å². The van der Waals surface area contributed by atoms with E-state index in [9.17, 15) is 19.5 Å². The fourth-order valence-electron chi connectivity index (χ4n) is 4.49. The van der Waals surface area contributed by atoms with Crippen LogP contribution in [-0.2, 0) is 24.2 Å². The molecular weight excluding hydrogens is 454 g/mol. The molecule has 184 valence electrons. The number of unbranched alkanes of at least 4 members (excludes halogenated alkanes) is 1. The van der Waals surface area contributed by atoms with Gasteiger partial charge in [0.1, 0.15) is 0 Å². The molecule has 0 saturated heterocycles. The molecule has 3 aromatic carbocycles. The van der Waals surface area contributed by atoms with Gasteiger partial charge in [-0.1, -0.05) is 61.9 Å². The molecule has 6 heteroatoms. The van der Waals surface area contributed by atoms with Crippen molar-refractivity contribution in [2.75, 3.05) is 0 Å². The van der Waals surface area contributed by atoms with Crippen LogP contribution in [-0.4, -0.2) is 26.7 Å². The van der Waals surface area contributed by atoms with Gasteiger partial charge in [0, 0.05) is 30.1 Å². The number of rotatable bonds is 10. The van der Waals surface area contributed by atoms with Gasteiger partial charge in [0.2, 0.25) is 0 Å². The van der Waals surface area contributed by atoms with Gasteiger partial charge >= 0.3 is 11.9 Å². The Labute approximate surface area is 209 Å². The lowest BCUT2D eigenvalue weighted by atomic mass is 9.98. The number of fused-ring (bicyclic) bond motifs is 1. The maximum Gasteiger partial charge on any atom is 0.336 e. The van der Waals surface area contributed by atoms with Crippen molar-refractivity contribution in [2.45, 2.75) is 45.6 Å². The molecule has 1 heterocycles. The van der Waals surface area contributed by atoms with Crippen molar-refractivity contribution in [1.82, 2.24) is 4.57 Å². The Morgan fingerprint density at radius 1 is 0.889 bits per heavy atom. The van der Waals surface area contributed by atoms with Gasteiger partial charge in [-0.15, -0.1) is 0 Å². The van der Waals surface area contributed by atoms with E-state index in [-0.39, 0.29) is 17.4 Å². The summed E-state index contributed by atoms with van der Waals surface area (Å²) in [7, 11) is 0. The van der Waals surface area contributed by atoms with Gasteiger partial charge in [-0.05, 0) is 59.7 Å². The van der Waals surface area contributed by atoms with E-state index in [1.165, 1.54) is 0 Å². The normalized spacial score (nSPS) is 11.0. The first-order chi connectivity index (χ1) is 17.4. The molecule has 0 aliphatic carbocycles. The number of aliphatic carboxylic acids is 1. The predicted molar refractivity (Wildman–Crippen MR) is 141 cm³/mol. The number of aryl methyl sites for hydroxylation is 2. The van der Waals surface area contributed by atoms with Gasteiger partial charge in [0.05, 0.1) is 11.1 Å². The van der Waals surface area contributed by atoms with E-state index in [1.54, 1.807) is 18.2 Å². The Morgan fingerprint density at radius 3 is 2.31 bits per heavy atom. The van der Waals surface area contributed by atoms with Crippen LogP contribution in [0.25, 0.3) is 22.0 Å². The first-order valence-electron chi connectivity index (χ1n) is 12.2. The highest BCUT2D eigenvalue weighted by Crippen LogP contribution is 2.25. The van der Waals surface area contributed by atoms with Gasteiger partial charge in [0.15, 0.2) is 5.43 Å². The lowest BCUT2D eigenvalue weighted by Crippen LogP contribution is -2.16. The predicted octanol–water partition coefficient (Wildman–Crippen LogP) is 5.77. The second-order valence-corrected chi connectivity index (χ2v) is 9.01. The van der Waals surface area contributed by atoms with Crippen molar-refractivity contribution < 1.29 is 19.8 Å². The summed E-state index contributed by atoms with van der Waals surface area (Å²) >= 11 is 0. The average Bonchev–Trinajstić information content (AvgIpc) is 2.88. The van der Waals surface area contributed by atoms with Crippen molar-refractivity contribution in [1.29, 1.82) is 0 Å². The second kappa shape index (κ2) is 11.0. The summed E-state index contributed by atoms with van der Waals surface area (Å²) in [6.07, 6.45) is 4.98. The van der Waals surface area contributed by atoms with Crippen LogP contribution in [0.3, 0.4) is 0 Å². The average molecular weight is 484 g/mol. The zero-order chi connectivity index (χ0) is 25.7. The highest BCUT2D eigenvalue weighted by atomic mass is 16.4. The second-order valence-electron chi connectivity index (χ2n) is 9.01. The molecule has 0 radical (unpaired) electrons. The van der Waals surface area contributed by atoms with Crippen LogP contribution >= 0.6 is 0 Å². The van der Waals surface area contributed by atoms with Crippen LogP contribution in [0.1, 0.15) is 53.2 Å². The molecule has 1 aromatic heterocycles. The zero-order valence-electron chi connectivity index (χ0n) is 20.2. The maximum atomic E-state index is 13.1. The quantitative estimate of drug-likeness (QED) is 0.298. The van der Waals surface area contributed by atoms with E-state index in [0.29, 0.717) is 30.3 Å². The van der Waals surface area contributed by atoms with Gasteiger partial charge in [-0.25, -0.2) is 4.79 Å². The van der Waals surface area contributed by atoms with Gasteiger partial charge in [-0.2, -0.15) is 0 Å². The number of hydrogen-bond donors (Lipinski definition) is 2. The molecule has 0 bridgehead atoms. The summed E-state index contributed by atoms with van der Waals surface area (Å²) in [5.41, 5.74) is 5.20. The van der Waals surface area contributed by atoms with Gasteiger partial charge in [-0.3, -0.25) is 9.59 Å². The molecule has 0 saturated carbocycles. The Hall–Kier alpha value is -4.19. The minimum atomic E-state index is -0.965.